The molecule has 0 radical (unpaired) electrons. The van der Waals surface area contributed by atoms with Crippen LogP contribution in [0.25, 0.3) is 11.3 Å². The van der Waals surface area contributed by atoms with Crippen LogP contribution in [0.15, 0.2) is 54.6 Å². The van der Waals surface area contributed by atoms with Crippen LogP contribution >= 0.6 is 0 Å². The number of benzene rings is 2. The highest BCUT2D eigenvalue weighted by atomic mass is 16.7. The molecule has 0 saturated carbocycles. The summed E-state index contributed by atoms with van der Waals surface area (Å²) in [5.41, 5.74) is 2.80. The number of hydrogen-bond donors (Lipinski definition) is 0. The summed E-state index contributed by atoms with van der Waals surface area (Å²) in [5.74, 6) is 2.97. The Morgan fingerprint density at radius 3 is 2.50 bits per heavy atom. The highest BCUT2D eigenvalue weighted by molar-refractivity contribution is 5.78. The van der Waals surface area contributed by atoms with E-state index in [1.165, 1.54) is 0 Å². The average molecular weight is 490 g/mol. The summed E-state index contributed by atoms with van der Waals surface area (Å²) in [6.45, 7) is 9.00. The molecule has 9 nitrogen and oxygen atoms in total. The molecule has 0 aliphatic carbocycles. The second kappa shape index (κ2) is 10.7. The van der Waals surface area contributed by atoms with E-state index in [2.05, 4.69) is 39.9 Å². The summed E-state index contributed by atoms with van der Waals surface area (Å²) in [6, 6.07) is 17.6. The van der Waals surface area contributed by atoms with Crippen molar-refractivity contribution >= 4 is 17.4 Å². The lowest BCUT2D eigenvalue weighted by Gasteiger charge is -2.35. The van der Waals surface area contributed by atoms with Crippen molar-refractivity contribution in [1.29, 1.82) is 0 Å². The Hall–Kier alpha value is -4.01. The lowest BCUT2D eigenvalue weighted by molar-refractivity contribution is -0.133. The molecule has 3 aromatic rings. The Kier molecular flexibility index (Phi) is 7.06. The molecule has 0 N–H and O–H groups in total. The smallest absolute Gasteiger partial charge is 0.260 e. The van der Waals surface area contributed by atoms with Gasteiger partial charge in [-0.05, 0) is 56.3 Å². The third-order valence-electron chi connectivity index (χ3n) is 6.58. The van der Waals surface area contributed by atoms with Crippen molar-refractivity contribution in [3.8, 4) is 28.5 Å². The summed E-state index contributed by atoms with van der Waals surface area (Å²) in [5, 5.41) is 8.83. The molecule has 3 heterocycles. The third kappa shape index (κ3) is 5.15. The molecule has 1 fully saturated rings. The number of fused-ring (bicyclic) bond motifs is 1. The SMILES string of the molecule is CCN(CC)c1cccc(OCC(=O)N2CCN(c3ccc(-c4ccc5c(c4)OCO5)nn3)CC2)c1. The molecule has 36 heavy (non-hydrogen) atoms. The molecule has 0 bridgehead atoms. The number of ether oxygens (including phenoxy) is 3. The van der Waals surface area contributed by atoms with Crippen LogP contribution in [-0.4, -0.2) is 73.7 Å². The van der Waals surface area contributed by atoms with Crippen LogP contribution < -0.4 is 24.0 Å². The van der Waals surface area contributed by atoms with E-state index >= 15 is 0 Å². The van der Waals surface area contributed by atoms with Crippen LogP contribution in [0.4, 0.5) is 11.5 Å². The number of anilines is 2. The number of carbonyl (C=O) groups excluding carboxylic acids is 1. The molecule has 1 aromatic heterocycles. The minimum atomic E-state index is -0.00728. The molecule has 2 aliphatic rings. The Bertz CT molecular complexity index is 1190. The topological polar surface area (TPSA) is 80.3 Å². The van der Waals surface area contributed by atoms with Crippen LogP contribution in [0.2, 0.25) is 0 Å². The Balaban J connectivity index is 1.12. The fraction of sp³-hybridized carbons (Fsp3) is 0.370. The molecular formula is C27H31N5O4. The van der Waals surface area contributed by atoms with Gasteiger partial charge in [-0.2, -0.15) is 0 Å². The van der Waals surface area contributed by atoms with Gasteiger partial charge >= 0.3 is 0 Å². The van der Waals surface area contributed by atoms with Gasteiger partial charge in [0.15, 0.2) is 23.9 Å². The quantitative estimate of drug-likeness (QED) is 0.476. The van der Waals surface area contributed by atoms with Gasteiger partial charge in [-0.1, -0.05) is 6.07 Å². The Morgan fingerprint density at radius 1 is 0.944 bits per heavy atom. The van der Waals surface area contributed by atoms with Gasteiger partial charge < -0.3 is 28.9 Å². The Morgan fingerprint density at radius 2 is 1.75 bits per heavy atom. The zero-order valence-corrected chi connectivity index (χ0v) is 20.7. The maximum Gasteiger partial charge on any atom is 0.260 e. The van der Waals surface area contributed by atoms with Crippen molar-refractivity contribution < 1.29 is 19.0 Å². The van der Waals surface area contributed by atoms with Crippen molar-refractivity contribution in [3.05, 3.63) is 54.6 Å². The van der Waals surface area contributed by atoms with Gasteiger partial charge in [-0.3, -0.25) is 4.79 Å². The van der Waals surface area contributed by atoms with Crippen molar-refractivity contribution in [3.63, 3.8) is 0 Å². The first-order valence-corrected chi connectivity index (χ1v) is 12.4. The molecule has 2 aliphatic heterocycles. The first kappa shape index (κ1) is 23.7. The molecular weight excluding hydrogens is 458 g/mol. The number of piperazine rings is 1. The van der Waals surface area contributed by atoms with Crippen molar-refractivity contribution in [1.82, 2.24) is 15.1 Å². The van der Waals surface area contributed by atoms with E-state index in [1.54, 1.807) is 0 Å². The van der Waals surface area contributed by atoms with Gasteiger partial charge in [0.05, 0.1) is 5.69 Å². The van der Waals surface area contributed by atoms with Gasteiger partial charge in [0.1, 0.15) is 5.75 Å². The van der Waals surface area contributed by atoms with E-state index in [4.69, 9.17) is 14.2 Å². The van der Waals surface area contributed by atoms with Gasteiger partial charge in [0.25, 0.3) is 5.91 Å². The predicted octanol–water partition coefficient (Wildman–Crippen LogP) is 3.45. The minimum Gasteiger partial charge on any atom is -0.484 e. The molecule has 1 amide bonds. The number of hydrogen-bond acceptors (Lipinski definition) is 8. The van der Waals surface area contributed by atoms with Gasteiger partial charge in [-0.15, -0.1) is 10.2 Å². The number of carbonyl (C=O) groups is 1. The minimum absolute atomic E-state index is 0.00728. The van der Waals surface area contributed by atoms with Crippen LogP contribution in [0.1, 0.15) is 13.8 Å². The van der Waals surface area contributed by atoms with Crippen LogP contribution in [0.3, 0.4) is 0 Å². The monoisotopic (exact) mass is 489 g/mol. The van der Waals surface area contributed by atoms with E-state index in [-0.39, 0.29) is 19.3 Å². The maximum atomic E-state index is 12.8. The zero-order valence-electron chi connectivity index (χ0n) is 20.7. The van der Waals surface area contributed by atoms with Crippen molar-refractivity contribution in [2.45, 2.75) is 13.8 Å². The number of aromatic nitrogens is 2. The maximum absolute atomic E-state index is 12.8. The number of nitrogens with zero attached hydrogens (tertiary/aromatic N) is 5. The molecule has 0 spiro atoms. The highest BCUT2D eigenvalue weighted by Gasteiger charge is 2.23. The van der Waals surface area contributed by atoms with Gasteiger partial charge in [0.2, 0.25) is 6.79 Å². The zero-order chi connectivity index (χ0) is 24.9. The van der Waals surface area contributed by atoms with Gasteiger partial charge in [0, 0.05) is 56.6 Å². The third-order valence-corrected chi connectivity index (χ3v) is 6.58. The predicted molar refractivity (Wildman–Crippen MR) is 138 cm³/mol. The standard InChI is InChI=1S/C27H31N5O4/c1-3-30(4-2)21-6-5-7-22(17-21)34-18-27(33)32-14-12-31(13-15-32)26-11-9-23(28-29-26)20-8-10-24-25(16-20)36-19-35-24/h5-11,16-17H,3-4,12-15,18-19H2,1-2H3. The van der Waals surface area contributed by atoms with Gasteiger partial charge in [-0.25, -0.2) is 0 Å². The second-order valence-corrected chi connectivity index (χ2v) is 8.67. The fourth-order valence-electron chi connectivity index (χ4n) is 4.48. The largest absolute Gasteiger partial charge is 0.484 e. The van der Waals surface area contributed by atoms with Crippen LogP contribution in [0, 0.1) is 0 Å². The lowest BCUT2D eigenvalue weighted by atomic mass is 10.1. The van der Waals surface area contributed by atoms with E-state index < -0.39 is 0 Å². The van der Waals surface area contributed by atoms with Crippen molar-refractivity contribution in [2.24, 2.45) is 0 Å². The van der Waals surface area contributed by atoms with Crippen LogP contribution in [-0.2, 0) is 4.79 Å². The molecule has 5 rings (SSSR count). The highest BCUT2D eigenvalue weighted by Crippen LogP contribution is 2.35. The first-order valence-electron chi connectivity index (χ1n) is 12.4. The average Bonchev–Trinajstić information content (AvgIpc) is 3.41. The molecule has 2 aromatic carbocycles. The normalized spacial score (nSPS) is 14.6. The first-order chi connectivity index (χ1) is 17.6. The summed E-state index contributed by atoms with van der Waals surface area (Å²) < 4.78 is 16.6. The fourth-order valence-corrected chi connectivity index (χ4v) is 4.48. The lowest BCUT2D eigenvalue weighted by Crippen LogP contribution is -2.50. The molecule has 1 saturated heterocycles. The molecule has 9 heteroatoms. The molecule has 188 valence electrons. The summed E-state index contributed by atoms with van der Waals surface area (Å²) in [6.07, 6.45) is 0. The van der Waals surface area contributed by atoms with E-state index in [0.29, 0.717) is 31.9 Å². The summed E-state index contributed by atoms with van der Waals surface area (Å²) >= 11 is 0. The van der Waals surface area contributed by atoms with E-state index in [0.717, 1.165) is 47.4 Å². The van der Waals surface area contributed by atoms with Crippen LogP contribution in [0.5, 0.6) is 17.2 Å². The second-order valence-electron chi connectivity index (χ2n) is 8.67. The van der Waals surface area contributed by atoms with Crippen molar-refractivity contribution in [2.75, 3.05) is 62.5 Å². The Labute approximate surface area is 211 Å². The van der Waals surface area contributed by atoms with E-state index in [9.17, 15) is 4.79 Å². The van der Waals surface area contributed by atoms with E-state index in [1.807, 2.05) is 53.4 Å². The summed E-state index contributed by atoms with van der Waals surface area (Å²) in [4.78, 5) is 19.0. The summed E-state index contributed by atoms with van der Waals surface area (Å²) in [7, 11) is 0. The molecule has 0 unspecified atom stereocenters. The molecule has 0 atom stereocenters. The number of rotatable bonds is 8. The number of amides is 1.